The summed E-state index contributed by atoms with van der Waals surface area (Å²) in [7, 11) is 0. The summed E-state index contributed by atoms with van der Waals surface area (Å²) in [4.78, 5) is 13.7. The Hall–Kier alpha value is 0.250. The molecule has 0 unspecified atom stereocenters. The monoisotopic (exact) mass is 468 g/mol. The van der Waals surface area contributed by atoms with Crippen LogP contribution in [0, 0.1) is 34.5 Å². The molecule has 0 bridgehead atoms. The molecule has 31 heavy (non-hydrogen) atoms. The zero-order chi connectivity index (χ0) is 22.1. The number of ketones is 1. The van der Waals surface area contributed by atoms with Gasteiger partial charge in [-0.2, -0.15) is 0 Å². The van der Waals surface area contributed by atoms with Crippen molar-refractivity contribution in [2.45, 2.75) is 134 Å². The molecule has 2 spiro atoms. The van der Waals surface area contributed by atoms with E-state index < -0.39 is 15.2 Å². The summed E-state index contributed by atoms with van der Waals surface area (Å²) in [5.74, 6) is 3.90. The molecule has 0 amide bonds. The van der Waals surface area contributed by atoms with E-state index in [1.807, 2.05) is 0 Å². The van der Waals surface area contributed by atoms with Crippen molar-refractivity contribution in [2.75, 3.05) is 0 Å². The van der Waals surface area contributed by atoms with E-state index in [9.17, 15) is 4.79 Å². The van der Waals surface area contributed by atoms with Crippen molar-refractivity contribution in [3.8, 4) is 0 Å². The summed E-state index contributed by atoms with van der Waals surface area (Å²) in [6.07, 6.45) is 22.1. The van der Waals surface area contributed by atoms with Gasteiger partial charge < -0.3 is 0 Å². The SMILES string of the molecule is CCCCC1CCC([C@H]2CC[C@@]3(CC2)C(=O)[C@]2(CCC(CCCC)CC2)C3(Cl)Cl)CC1. The van der Waals surface area contributed by atoms with Gasteiger partial charge in [0.15, 0.2) is 5.78 Å². The molecule has 0 radical (unpaired) electrons. The van der Waals surface area contributed by atoms with Gasteiger partial charge in [0.2, 0.25) is 0 Å². The highest BCUT2D eigenvalue weighted by Gasteiger charge is 2.79. The van der Waals surface area contributed by atoms with E-state index in [1.54, 1.807) is 0 Å². The fraction of sp³-hybridized carbons (Fsp3) is 0.964. The second-order valence-corrected chi connectivity index (χ2v) is 13.2. The largest absolute Gasteiger partial charge is 0.298 e. The highest BCUT2D eigenvalue weighted by Crippen LogP contribution is 2.74. The number of Topliss-reactive ketones (excluding diaryl/α,β-unsaturated/α-hetero) is 1. The average molecular weight is 470 g/mol. The van der Waals surface area contributed by atoms with E-state index in [-0.39, 0.29) is 0 Å². The van der Waals surface area contributed by atoms with E-state index in [0.717, 1.165) is 62.2 Å². The normalized spacial score (nSPS) is 42.6. The first kappa shape index (κ1) is 24.4. The smallest absolute Gasteiger partial charge is 0.151 e. The predicted octanol–water partition coefficient (Wildman–Crippen LogP) is 9.28. The van der Waals surface area contributed by atoms with Crippen LogP contribution in [0.25, 0.3) is 0 Å². The van der Waals surface area contributed by atoms with Crippen LogP contribution < -0.4 is 0 Å². The van der Waals surface area contributed by atoms with Crippen molar-refractivity contribution in [3.63, 3.8) is 0 Å². The standard InChI is InChI=1S/C28H46Cl2O/c1-3-5-7-21-9-11-23(12-10-21)24-15-19-27(20-16-24)25(31)26(28(27,29)30)17-13-22(14-18-26)8-6-4-2/h21-24H,3-20H2,1-2H3/t21?,22?,23?,24-,26-,27+. The maximum Gasteiger partial charge on any atom is 0.151 e. The summed E-state index contributed by atoms with van der Waals surface area (Å²) in [5.41, 5.74) is -0.857. The molecule has 1 nitrogen and oxygen atoms in total. The third kappa shape index (κ3) is 4.15. The van der Waals surface area contributed by atoms with Gasteiger partial charge in [0.05, 0.1) is 10.8 Å². The van der Waals surface area contributed by atoms with Gasteiger partial charge in [0, 0.05) is 0 Å². The van der Waals surface area contributed by atoms with Crippen molar-refractivity contribution < 1.29 is 4.79 Å². The molecule has 4 rings (SSSR count). The molecule has 0 aromatic heterocycles. The zero-order valence-corrected chi connectivity index (χ0v) is 21.7. The topological polar surface area (TPSA) is 17.1 Å². The van der Waals surface area contributed by atoms with Crippen LogP contribution in [0.5, 0.6) is 0 Å². The quantitative estimate of drug-likeness (QED) is 0.340. The lowest BCUT2D eigenvalue weighted by Gasteiger charge is -2.67. The van der Waals surface area contributed by atoms with Gasteiger partial charge in [-0.3, -0.25) is 4.79 Å². The Morgan fingerprint density at radius 1 is 0.677 bits per heavy atom. The summed E-state index contributed by atoms with van der Waals surface area (Å²) < 4.78 is -0.824. The number of alkyl halides is 2. The summed E-state index contributed by atoms with van der Waals surface area (Å²) in [6, 6.07) is 0. The second kappa shape index (κ2) is 9.85. The highest BCUT2D eigenvalue weighted by atomic mass is 35.5. The summed E-state index contributed by atoms with van der Waals surface area (Å²) >= 11 is 14.3. The second-order valence-electron chi connectivity index (χ2n) is 11.9. The van der Waals surface area contributed by atoms with Gasteiger partial charge in [-0.1, -0.05) is 88.4 Å². The van der Waals surface area contributed by atoms with Crippen LogP contribution in [0.2, 0.25) is 0 Å². The predicted molar refractivity (Wildman–Crippen MR) is 133 cm³/mol. The van der Waals surface area contributed by atoms with Crippen molar-refractivity contribution in [2.24, 2.45) is 34.5 Å². The van der Waals surface area contributed by atoms with Crippen LogP contribution in [0.15, 0.2) is 0 Å². The van der Waals surface area contributed by atoms with Gasteiger partial charge in [-0.25, -0.2) is 0 Å². The van der Waals surface area contributed by atoms with E-state index in [0.29, 0.717) is 5.78 Å². The number of unbranched alkanes of at least 4 members (excludes halogenated alkanes) is 2. The first-order chi connectivity index (χ1) is 14.9. The van der Waals surface area contributed by atoms with E-state index in [4.69, 9.17) is 23.2 Å². The van der Waals surface area contributed by atoms with Crippen LogP contribution in [-0.4, -0.2) is 10.1 Å². The fourth-order valence-corrected chi connectivity index (χ4v) is 9.32. The molecule has 0 aromatic carbocycles. The molecular formula is C28H46Cl2O. The maximum atomic E-state index is 13.7. The van der Waals surface area contributed by atoms with Gasteiger partial charge in [-0.15, -0.1) is 0 Å². The molecule has 0 aromatic rings. The van der Waals surface area contributed by atoms with Crippen LogP contribution in [0.4, 0.5) is 0 Å². The molecule has 3 heteroatoms. The van der Waals surface area contributed by atoms with Crippen molar-refractivity contribution in [3.05, 3.63) is 0 Å². The Morgan fingerprint density at radius 2 is 1.10 bits per heavy atom. The van der Waals surface area contributed by atoms with Gasteiger partial charge >= 0.3 is 0 Å². The minimum Gasteiger partial charge on any atom is -0.298 e. The molecule has 4 fully saturated rings. The number of carbonyl (C=O) groups excluding carboxylic acids is 1. The number of hydrogen-bond acceptors (Lipinski definition) is 1. The average Bonchev–Trinajstić information content (AvgIpc) is 2.81. The lowest BCUT2D eigenvalue weighted by atomic mass is 9.42. The Balaban J connectivity index is 1.31. The number of rotatable bonds is 7. The van der Waals surface area contributed by atoms with Crippen LogP contribution in [-0.2, 0) is 4.79 Å². The molecule has 4 aliphatic carbocycles. The Labute approximate surface area is 201 Å². The van der Waals surface area contributed by atoms with Crippen molar-refractivity contribution >= 4 is 29.0 Å². The molecule has 4 saturated carbocycles. The summed E-state index contributed by atoms with van der Waals surface area (Å²) in [6.45, 7) is 4.57. The molecular weight excluding hydrogens is 423 g/mol. The lowest BCUT2D eigenvalue weighted by Crippen LogP contribution is -2.74. The number of halogens is 2. The van der Waals surface area contributed by atoms with Crippen molar-refractivity contribution in [1.82, 2.24) is 0 Å². The van der Waals surface area contributed by atoms with E-state index in [2.05, 4.69) is 13.8 Å². The van der Waals surface area contributed by atoms with Gasteiger partial charge in [-0.05, 0) is 87.9 Å². The molecule has 0 aliphatic heterocycles. The maximum absolute atomic E-state index is 13.7. The summed E-state index contributed by atoms with van der Waals surface area (Å²) in [5, 5.41) is 0. The zero-order valence-electron chi connectivity index (χ0n) is 20.2. The lowest BCUT2D eigenvalue weighted by molar-refractivity contribution is -0.173. The Morgan fingerprint density at radius 3 is 1.55 bits per heavy atom. The van der Waals surface area contributed by atoms with Crippen LogP contribution in [0.3, 0.4) is 0 Å². The highest BCUT2D eigenvalue weighted by molar-refractivity contribution is 6.55. The minimum absolute atomic E-state index is 0.428. The number of hydrogen-bond donors (Lipinski definition) is 0. The van der Waals surface area contributed by atoms with Gasteiger partial charge in [0.25, 0.3) is 0 Å². The first-order valence-corrected chi connectivity index (χ1v) is 14.6. The molecule has 0 atom stereocenters. The molecule has 178 valence electrons. The Kier molecular flexibility index (Phi) is 7.75. The molecule has 4 aliphatic rings. The number of carbonyl (C=O) groups is 1. The third-order valence-electron chi connectivity index (χ3n) is 10.4. The van der Waals surface area contributed by atoms with Crippen LogP contribution >= 0.6 is 23.2 Å². The van der Waals surface area contributed by atoms with Gasteiger partial charge in [0.1, 0.15) is 4.33 Å². The molecule has 0 saturated heterocycles. The van der Waals surface area contributed by atoms with Crippen LogP contribution in [0.1, 0.15) is 129 Å². The van der Waals surface area contributed by atoms with E-state index >= 15 is 0 Å². The minimum atomic E-state index is -0.824. The molecule has 0 heterocycles. The first-order valence-electron chi connectivity index (χ1n) is 13.8. The Bertz CT molecular complexity index is 603. The van der Waals surface area contributed by atoms with E-state index in [1.165, 1.54) is 77.0 Å². The van der Waals surface area contributed by atoms with Crippen molar-refractivity contribution in [1.29, 1.82) is 0 Å². The third-order valence-corrected chi connectivity index (χ3v) is 11.9. The fourth-order valence-electron chi connectivity index (χ4n) is 8.22. The molecule has 0 N–H and O–H groups in total.